The van der Waals surface area contributed by atoms with Crippen molar-refractivity contribution in [2.45, 2.75) is 19.9 Å². The van der Waals surface area contributed by atoms with E-state index in [2.05, 4.69) is 5.32 Å². The van der Waals surface area contributed by atoms with Gasteiger partial charge in [-0.3, -0.25) is 0 Å². The number of nitrogens with one attached hydrogen (secondary N) is 1. The van der Waals surface area contributed by atoms with E-state index in [1.165, 1.54) is 0 Å². The first-order valence-corrected chi connectivity index (χ1v) is 4.14. The molecule has 1 aromatic heterocycles. The van der Waals surface area contributed by atoms with Crippen LogP contribution in [0.2, 0.25) is 0 Å². The van der Waals surface area contributed by atoms with Crippen molar-refractivity contribution in [2.24, 2.45) is 0 Å². The lowest BCUT2D eigenvalue weighted by Crippen LogP contribution is -2.21. The average Bonchev–Trinajstić information content (AvgIpc) is 2.47. The van der Waals surface area contributed by atoms with E-state index >= 15 is 0 Å². The smallest absolute Gasteiger partial charge is 0.120 e. The van der Waals surface area contributed by atoms with Crippen molar-refractivity contribution in [3.8, 4) is 0 Å². The molecular formula is C9H15NO2. The van der Waals surface area contributed by atoms with Crippen LogP contribution in [0.25, 0.3) is 0 Å². The highest BCUT2D eigenvalue weighted by Crippen LogP contribution is 2.14. The molecule has 0 fully saturated rings. The van der Waals surface area contributed by atoms with E-state index in [-0.39, 0.29) is 12.6 Å². The molecule has 1 heterocycles. The third-order valence-corrected chi connectivity index (χ3v) is 1.75. The summed E-state index contributed by atoms with van der Waals surface area (Å²) in [6, 6.07) is 4.06. The Labute approximate surface area is 72.4 Å². The largest absolute Gasteiger partial charge is 0.465 e. The Morgan fingerprint density at radius 3 is 2.83 bits per heavy atom. The quantitative estimate of drug-likeness (QED) is 0.712. The van der Waals surface area contributed by atoms with Crippen LogP contribution in [-0.4, -0.2) is 18.3 Å². The molecule has 0 bridgehead atoms. The maximum absolute atomic E-state index is 8.57. The van der Waals surface area contributed by atoms with Crippen LogP contribution < -0.4 is 5.32 Å². The summed E-state index contributed by atoms with van der Waals surface area (Å²) in [5.41, 5.74) is 0. The lowest BCUT2D eigenvalue weighted by atomic mass is 10.2. The molecule has 0 saturated heterocycles. The molecule has 12 heavy (non-hydrogen) atoms. The van der Waals surface area contributed by atoms with Crippen molar-refractivity contribution >= 4 is 0 Å². The zero-order valence-electron chi connectivity index (χ0n) is 7.50. The van der Waals surface area contributed by atoms with Gasteiger partial charge in [0.05, 0.1) is 12.6 Å². The van der Waals surface area contributed by atoms with Crippen molar-refractivity contribution in [3.05, 3.63) is 23.7 Å². The molecule has 3 heteroatoms. The van der Waals surface area contributed by atoms with Crippen molar-refractivity contribution in [3.63, 3.8) is 0 Å². The number of hydrogen-bond donors (Lipinski definition) is 2. The van der Waals surface area contributed by atoms with E-state index in [4.69, 9.17) is 9.52 Å². The topological polar surface area (TPSA) is 45.4 Å². The fourth-order valence-corrected chi connectivity index (χ4v) is 1.07. The van der Waals surface area contributed by atoms with Crippen molar-refractivity contribution < 1.29 is 9.52 Å². The summed E-state index contributed by atoms with van der Waals surface area (Å²) in [6.07, 6.45) is 0. The zero-order chi connectivity index (χ0) is 8.97. The molecular weight excluding hydrogens is 154 g/mol. The minimum Gasteiger partial charge on any atom is -0.465 e. The molecule has 0 amide bonds. The Kier molecular flexibility index (Phi) is 3.31. The second-order valence-corrected chi connectivity index (χ2v) is 2.85. The normalized spacial score (nSPS) is 13.2. The summed E-state index contributed by atoms with van der Waals surface area (Å²) in [7, 11) is 0. The third kappa shape index (κ3) is 2.36. The standard InChI is InChI=1S/C9H15NO2/c1-7-3-4-9(12-7)8(2)10-5-6-11/h3-4,8,10-11H,5-6H2,1-2H3/t8-/m1/s1. The van der Waals surface area contributed by atoms with Crippen LogP contribution in [0.4, 0.5) is 0 Å². The highest BCUT2D eigenvalue weighted by molar-refractivity contribution is 5.08. The summed E-state index contributed by atoms with van der Waals surface area (Å²) < 4.78 is 5.40. The Bertz CT molecular complexity index is 232. The molecule has 0 aliphatic carbocycles. The predicted molar refractivity (Wildman–Crippen MR) is 46.9 cm³/mol. The fraction of sp³-hybridized carbons (Fsp3) is 0.556. The van der Waals surface area contributed by atoms with Gasteiger partial charge in [-0.05, 0) is 26.0 Å². The lowest BCUT2D eigenvalue weighted by Gasteiger charge is -2.08. The van der Waals surface area contributed by atoms with Crippen LogP contribution >= 0.6 is 0 Å². The van der Waals surface area contributed by atoms with E-state index in [1.54, 1.807) is 0 Å². The van der Waals surface area contributed by atoms with Gasteiger partial charge in [-0.15, -0.1) is 0 Å². The molecule has 0 aliphatic heterocycles. The van der Waals surface area contributed by atoms with Crippen molar-refractivity contribution in [1.29, 1.82) is 0 Å². The van der Waals surface area contributed by atoms with Crippen molar-refractivity contribution in [1.82, 2.24) is 5.32 Å². The third-order valence-electron chi connectivity index (χ3n) is 1.75. The minimum absolute atomic E-state index is 0.157. The summed E-state index contributed by atoms with van der Waals surface area (Å²) >= 11 is 0. The van der Waals surface area contributed by atoms with Gasteiger partial charge in [0.2, 0.25) is 0 Å². The zero-order valence-corrected chi connectivity index (χ0v) is 7.50. The van der Waals surface area contributed by atoms with Gasteiger partial charge in [0.15, 0.2) is 0 Å². The molecule has 0 saturated carbocycles. The first kappa shape index (κ1) is 9.29. The molecule has 0 aromatic carbocycles. The summed E-state index contributed by atoms with van der Waals surface area (Å²) in [4.78, 5) is 0. The van der Waals surface area contributed by atoms with Crippen LogP contribution in [0, 0.1) is 6.92 Å². The molecule has 68 valence electrons. The Morgan fingerprint density at radius 1 is 1.58 bits per heavy atom. The highest BCUT2D eigenvalue weighted by Gasteiger charge is 2.07. The summed E-state index contributed by atoms with van der Waals surface area (Å²) in [5.74, 6) is 1.84. The van der Waals surface area contributed by atoms with Crippen LogP contribution in [0.3, 0.4) is 0 Å². The first-order chi connectivity index (χ1) is 5.74. The van der Waals surface area contributed by atoms with Gasteiger partial charge in [-0.25, -0.2) is 0 Å². The van der Waals surface area contributed by atoms with Gasteiger partial charge in [-0.2, -0.15) is 0 Å². The summed E-state index contributed by atoms with van der Waals surface area (Å²) in [6.45, 7) is 4.68. The maximum atomic E-state index is 8.57. The minimum atomic E-state index is 0.157. The van der Waals surface area contributed by atoms with Crippen LogP contribution in [0.15, 0.2) is 16.5 Å². The molecule has 1 atom stereocenters. The Balaban J connectivity index is 2.47. The fourth-order valence-electron chi connectivity index (χ4n) is 1.07. The molecule has 2 N–H and O–H groups in total. The number of rotatable bonds is 4. The summed E-state index contributed by atoms with van der Waals surface area (Å²) in [5, 5.41) is 11.7. The van der Waals surface area contributed by atoms with E-state index in [1.807, 2.05) is 26.0 Å². The number of furan rings is 1. The van der Waals surface area contributed by atoms with Gasteiger partial charge in [0.1, 0.15) is 11.5 Å². The Morgan fingerprint density at radius 2 is 2.33 bits per heavy atom. The molecule has 1 aromatic rings. The van der Waals surface area contributed by atoms with Gasteiger partial charge >= 0.3 is 0 Å². The SMILES string of the molecule is Cc1ccc([C@@H](C)NCCO)o1. The first-order valence-electron chi connectivity index (χ1n) is 4.14. The van der Waals surface area contributed by atoms with Crippen molar-refractivity contribution in [2.75, 3.05) is 13.2 Å². The van der Waals surface area contributed by atoms with Gasteiger partial charge in [0.25, 0.3) is 0 Å². The lowest BCUT2D eigenvalue weighted by molar-refractivity contribution is 0.281. The second kappa shape index (κ2) is 4.28. The van der Waals surface area contributed by atoms with Crippen LogP contribution in [-0.2, 0) is 0 Å². The predicted octanol–water partition coefficient (Wildman–Crippen LogP) is 1.23. The van der Waals surface area contributed by atoms with Gasteiger partial charge in [0, 0.05) is 6.54 Å². The van der Waals surface area contributed by atoms with Crippen LogP contribution in [0.5, 0.6) is 0 Å². The molecule has 0 aliphatic rings. The van der Waals surface area contributed by atoms with E-state index in [0.717, 1.165) is 11.5 Å². The molecule has 0 radical (unpaired) electrons. The number of aliphatic hydroxyl groups excluding tert-OH is 1. The maximum Gasteiger partial charge on any atom is 0.120 e. The van der Waals surface area contributed by atoms with Gasteiger partial charge in [-0.1, -0.05) is 0 Å². The molecule has 1 rings (SSSR count). The molecule has 0 spiro atoms. The van der Waals surface area contributed by atoms with E-state index in [9.17, 15) is 0 Å². The van der Waals surface area contributed by atoms with E-state index < -0.39 is 0 Å². The monoisotopic (exact) mass is 169 g/mol. The second-order valence-electron chi connectivity index (χ2n) is 2.85. The number of aliphatic hydroxyl groups is 1. The molecule has 0 unspecified atom stereocenters. The number of aryl methyl sites for hydroxylation is 1. The van der Waals surface area contributed by atoms with E-state index in [0.29, 0.717) is 6.54 Å². The Hall–Kier alpha value is -0.800. The highest BCUT2D eigenvalue weighted by atomic mass is 16.3. The number of hydrogen-bond acceptors (Lipinski definition) is 3. The van der Waals surface area contributed by atoms with Gasteiger partial charge < -0.3 is 14.8 Å². The van der Waals surface area contributed by atoms with Crippen LogP contribution in [0.1, 0.15) is 24.5 Å². The average molecular weight is 169 g/mol. The molecule has 3 nitrogen and oxygen atoms in total.